The number of rotatable bonds is 46. The van der Waals surface area contributed by atoms with Gasteiger partial charge in [-0.2, -0.15) is 0 Å². The Kier molecular flexibility index (Phi) is 43.9. The van der Waals surface area contributed by atoms with E-state index in [1.54, 1.807) is 0 Å². The lowest BCUT2D eigenvalue weighted by atomic mass is 10.1. The van der Waals surface area contributed by atoms with Gasteiger partial charge in [0.15, 0.2) is 6.10 Å². The Morgan fingerprint density at radius 3 is 1.32 bits per heavy atom. The van der Waals surface area contributed by atoms with Crippen molar-refractivity contribution in [1.82, 2.24) is 0 Å². The first-order valence-corrected chi connectivity index (χ1v) is 25.9. The lowest BCUT2D eigenvalue weighted by molar-refractivity contribution is -0.161. The van der Waals surface area contributed by atoms with Crippen LogP contribution in [0.25, 0.3) is 0 Å². The lowest BCUT2D eigenvalue weighted by Gasteiger charge is -2.20. The summed E-state index contributed by atoms with van der Waals surface area (Å²) in [6, 6.07) is 0. The molecule has 11 heteroatoms. The monoisotopic (exact) mass is 871 g/mol. The molecule has 0 aliphatic carbocycles. The number of aliphatic hydroxyl groups is 2. The van der Waals surface area contributed by atoms with E-state index in [0.29, 0.717) is 12.8 Å². The van der Waals surface area contributed by atoms with Crippen LogP contribution in [0.1, 0.15) is 226 Å². The summed E-state index contributed by atoms with van der Waals surface area (Å²) in [5.41, 5.74) is 0. The third-order valence-corrected chi connectivity index (χ3v) is 11.5. The van der Waals surface area contributed by atoms with Crippen LogP contribution in [0.4, 0.5) is 0 Å². The minimum Gasteiger partial charge on any atom is -0.462 e. The van der Waals surface area contributed by atoms with Crippen molar-refractivity contribution in [3.05, 3.63) is 36.5 Å². The molecule has 0 amide bonds. The van der Waals surface area contributed by atoms with E-state index >= 15 is 0 Å². The Labute approximate surface area is 367 Å². The summed E-state index contributed by atoms with van der Waals surface area (Å²) >= 11 is 0. The molecule has 10 nitrogen and oxygen atoms in total. The largest absolute Gasteiger partial charge is 0.472 e. The first kappa shape index (κ1) is 58.2. The fraction of sp³-hybridized carbons (Fsp3) is 0.837. The summed E-state index contributed by atoms with van der Waals surface area (Å²) in [6.45, 7) is 2.37. The van der Waals surface area contributed by atoms with Crippen molar-refractivity contribution in [3.8, 4) is 0 Å². The van der Waals surface area contributed by atoms with E-state index in [1.165, 1.54) is 128 Å². The number of allylic oxidation sites excluding steroid dienone is 6. The van der Waals surface area contributed by atoms with Gasteiger partial charge in [-0.3, -0.25) is 18.6 Å². The molecule has 0 aromatic heterocycles. The van der Waals surface area contributed by atoms with Crippen molar-refractivity contribution < 1.29 is 47.8 Å². The summed E-state index contributed by atoms with van der Waals surface area (Å²) < 4.78 is 32.8. The molecule has 352 valence electrons. The van der Waals surface area contributed by atoms with Crippen molar-refractivity contribution >= 4 is 19.8 Å². The smallest absolute Gasteiger partial charge is 0.462 e. The Morgan fingerprint density at radius 2 is 0.867 bits per heavy atom. The minimum absolute atomic E-state index is 0.169. The van der Waals surface area contributed by atoms with Crippen LogP contribution >= 0.6 is 7.82 Å². The van der Waals surface area contributed by atoms with Crippen LogP contribution in [0.15, 0.2) is 36.5 Å². The van der Waals surface area contributed by atoms with E-state index in [9.17, 15) is 24.2 Å². The van der Waals surface area contributed by atoms with E-state index in [1.807, 2.05) is 0 Å². The Morgan fingerprint density at radius 1 is 0.500 bits per heavy atom. The third-order valence-electron chi connectivity index (χ3n) is 10.5. The topological polar surface area (TPSA) is 149 Å². The van der Waals surface area contributed by atoms with Gasteiger partial charge in [-0.05, 0) is 70.6 Å². The second kappa shape index (κ2) is 45.2. The highest BCUT2D eigenvalue weighted by atomic mass is 31.2. The number of phosphoric ester groups is 1. The van der Waals surface area contributed by atoms with Gasteiger partial charge in [0.1, 0.15) is 12.7 Å². The highest BCUT2D eigenvalue weighted by molar-refractivity contribution is 7.47. The molecule has 0 saturated heterocycles. The van der Waals surface area contributed by atoms with E-state index in [4.69, 9.17) is 23.6 Å². The van der Waals surface area contributed by atoms with Gasteiger partial charge in [0, 0.05) is 12.8 Å². The van der Waals surface area contributed by atoms with Crippen molar-refractivity contribution in [1.29, 1.82) is 0 Å². The summed E-state index contributed by atoms with van der Waals surface area (Å²) in [5.74, 6) is -0.937. The second-order valence-electron chi connectivity index (χ2n) is 16.5. The van der Waals surface area contributed by atoms with E-state index in [2.05, 4.69) is 50.3 Å². The maximum atomic E-state index is 12.6. The molecule has 0 saturated carbocycles. The number of aliphatic hydroxyl groups excluding tert-OH is 2. The molecule has 0 aliphatic heterocycles. The summed E-state index contributed by atoms with van der Waals surface area (Å²) in [6.07, 6.45) is 48.2. The van der Waals surface area contributed by atoms with Crippen molar-refractivity contribution in [2.75, 3.05) is 26.4 Å². The first-order valence-electron chi connectivity index (χ1n) is 24.4. The number of hydrogen-bond acceptors (Lipinski definition) is 9. The Bertz CT molecular complexity index is 1090. The third kappa shape index (κ3) is 44.3. The van der Waals surface area contributed by atoms with E-state index in [-0.39, 0.29) is 19.4 Å². The van der Waals surface area contributed by atoms with Gasteiger partial charge in [0.25, 0.3) is 0 Å². The zero-order valence-corrected chi connectivity index (χ0v) is 39.3. The number of ether oxygens (including phenoxy) is 2. The van der Waals surface area contributed by atoms with E-state index < -0.39 is 51.8 Å². The average molecular weight is 871 g/mol. The maximum absolute atomic E-state index is 12.6. The van der Waals surface area contributed by atoms with Gasteiger partial charge in [-0.15, -0.1) is 0 Å². The molecular formula is C49H91O10P. The SMILES string of the molecule is CCCCCC/C=C\C/C=C\CCCCCCCC(=O)OC(COC(=O)CCCCCCCCCCC/C=C\CCCCCCCCCC)COP(=O)(O)OCC(O)CO. The predicted octanol–water partition coefficient (Wildman–Crippen LogP) is 13.5. The molecule has 3 atom stereocenters. The van der Waals surface area contributed by atoms with Crippen molar-refractivity contribution in [3.63, 3.8) is 0 Å². The summed E-state index contributed by atoms with van der Waals surface area (Å²) in [7, 11) is -4.62. The summed E-state index contributed by atoms with van der Waals surface area (Å²) in [4.78, 5) is 35.1. The quantitative estimate of drug-likeness (QED) is 0.0234. The molecule has 0 aliphatic rings. The fourth-order valence-electron chi connectivity index (χ4n) is 6.72. The van der Waals surface area contributed by atoms with Gasteiger partial charge in [-0.1, -0.05) is 179 Å². The number of carbonyl (C=O) groups excluding carboxylic acids is 2. The molecule has 0 heterocycles. The first-order chi connectivity index (χ1) is 29.2. The minimum atomic E-state index is -4.62. The zero-order valence-electron chi connectivity index (χ0n) is 38.4. The van der Waals surface area contributed by atoms with Crippen LogP contribution in [-0.2, 0) is 32.7 Å². The predicted molar refractivity (Wildman–Crippen MR) is 247 cm³/mol. The summed E-state index contributed by atoms with van der Waals surface area (Å²) in [5, 5.41) is 18.4. The van der Waals surface area contributed by atoms with E-state index in [0.717, 1.165) is 57.8 Å². The standard InChI is InChI=1S/C49H91O10P/c1-3-5-7-9-11-13-15-17-19-21-22-23-24-25-27-28-30-32-34-36-38-40-48(52)56-44-47(45-58-60(54,55)57-43-46(51)42-50)59-49(53)41-39-37-35-33-31-29-26-20-18-16-14-12-10-8-6-4-2/h14,16,20-22,26,46-47,50-51H,3-13,15,17-19,23-25,27-45H2,1-2H3,(H,54,55)/b16-14-,22-21-,26-20-. The van der Waals surface area contributed by atoms with Crippen LogP contribution in [-0.4, -0.2) is 65.7 Å². The molecule has 0 aromatic rings. The highest BCUT2D eigenvalue weighted by Crippen LogP contribution is 2.43. The van der Waals surface area contributed by atoms with Crippen LogP contribution in [0, 0.1) is 0 Å². The van der Waals surface area contributed by atoms with Gasteiger partial charge >= 0.3 is 19.8 Å². The molecule has 0 radical (unpaired) electrons. The highest BCUT2D eigenvalue weighted by Gasteiger charge is 2.27. The second-order valence-corrected chi connectivity index (χ2v) is 17.9. The molecule has 3 N–H and O–H groups in total. The molecule has 60 heavy (non-hydrogen) atoms. The average Bonchev–Trinajstić information content (AvgIpc) is 3.24. The van der Waals surface area contributed by atoms with Crippen LogP contribution in [0.3, 0.4) is 0 Å². The number of phosphoric acid groups is 1. The Hall–Kier alpha value is -1.81. The molecule has 0 fully saturated rings. The van der Waals surface area contributed by atoms with Gasteiger partial charge < -0.3 is 24.6 Å². The molecule has 0 spiro atoms. The molecule has 3 unspecified atom stereocenters. The van der Waals surface area contributed by atoms with Gasteiger partial charge in [-0.25, -0.2) is 4.57 Å². The van der Waals surface area contributed by atoms with Gasteiger partial charge in [0.2, 0.25) is 0 Å². The Balaban J connectivity index is 4.21. The van der Waals surface area contributed by atoms with Crippen LogP contribution in [0.5, 0.6) is 0 Å². The number of unbranched alkanes of at least 4 members (excludes halogenated alkanes) is 26. The maximum Gasteiger partial charge on any atom is 0.472 e. The molecule has 0 rings (SSSR count). The lowest BCUT2D eigenvalue weighted by Crippen LogP contribution is -2.29. The number of hydrogen-bond donors (Lipinski definition) is 3. The van der Waals surface area contributed by atoms with Gasteiger partial charge in [0.05, 0.1) is 19.8 Å². The van der Waals surface area contributed by atoms with Crippen LogP contribution in [0.2, 0.25) is 0 Å². The molecule has 0 aromatic carbocycles. The molecule has 0 bridgehead atoms. The normalized spacial score (nSPS) is 14.0. The number of carbonyl (C=O) groups is 2. The van der Waals surface area contributed by atoms with Crippen LogP contribution < -0.4 is 0 Å². The van der Waals surface area contributed by atoms with Crippen molar-refractivity contribution in [2.45, 2.75) is 238 Å². The van der Waals surface area contributed by atoms with Crippen molar-refractivity contribution in [2.24, 2.45) is 0 Å². The fourth-order valence-corrected chi connectivity index (χ4v) is 7.51. The zero-order chi connectivity index (χ0) is 44.0. The molecular weight excluding hydrogens is 780 g/mol. The number of esters is 2.